The molecule has 0 unspecified atom stereocenters. The highest BCUT2D eigenvalue weighted by Crippen LogP contribution is 2.30. The molecule has 2 aromatic rings. The molecule has 0 radical (unpaired) electrons. The lowest BCUT2D eigenvalue weighted by atomic mass is 10.0. The lowest BCUT2D eigenvalue weighted by Gasteiger charge is -2.27. The number of rotatable bonds is 5. The van der Waals surface area contributed by atoms with Crippen molar-refractivity contribution in [2.45, 2.75) is 58.4 Å². The van der Waals surface area contributed by atoms with Crippen molar-refractivity contribution >= 4 is 22.8 Å². The van der Waals surface area contributed by atoms with Gasteiger partial charge in [0.05, 0.1) is 11.6 Å². The van der Waals surface area contributed by atoms with E-state index in [0.717, 1.165) is 41.9 Å². The van der Waals surface area contributed by atoms with Crippen molar-refractivity contribution in [2.75, 3.05) is 0 Å². The molecule has 0 fully saturated rings. The fraction of sp³-hybridized carbons (Fsp3) is 0.714. The summed E-state index contributed by atoms with van der Waals surface area (Å²) in [4.78, 5) is 4.73. The number of nitrogens with zero attached hydrogens (tertiary/aromatic N) is 4. The van der Waals surface area contributed by atoms with Crippen LogP contribution in [0, 0.1) is 0 Å². The third kappa shape index (κ3) is 2.27. The van der Waals surface area contributed by atoms with Gasteiger partial charge in [0, 0.05) is 12.6 Å². The summed E-state index contributed by atoms with van der Waals surface area (Å²) in [5.41, 5.74) is 3.18. The number of hydrogen-bond acceptors (Lipinski definition) is 2. The molecule has 0 saturated carbocycles. The van der Waals surface area contributed by atoms with E-state index in [9.17, 15) is 0 Å². The molecule has 0 amide bonds. The van der Waals surface area contributed by atoms with E-state index in [-0.39, 0.29) is 5.54 Å². The van der Waals surface area contributed by atoms with Crippen molar-refractivity contribution < 1.29 is 0 Å². The van der Waals surface area contributed by atoms with Gasteiger partial charge in [-0.2, -0.15) is 5.10 Å². The molecule has 0 aromatic carbocycles. The lowest BCUT2D eigenvalue weighted by Crippen LogP contribution is -2.27. The van der Waals surface area contributed by atoms with Crippen LogP contribution in [0.25, 0.3) is 11.2 Å². The van der Waals surface area contributed by atoms with Crippen LogP contribution in [0.5, 0.6) is 0 Å². The number of hydrogen-bond donors (Lipinski definition) is 0. The molecule has 0 aliphatic heterocycles. The summed E-state index contributed by atoms with van der Waals surface area (Å²) in [5.74, 6) is 1.37. The van der Waals surface area contributed by atoms with E-state index < -0.39 is 0 Å². The third-order valence-corrected chi connectivity index (χ3v) is 4.09. The Labute approximate surface area is 119 Å². The Kier molecular flexibility index (Phi) is 3.90. The summed E-state index contributed by atoms with van der Waals surface area (Å²) in [6, 6.07) is 0. The zero-order chi connectivity index (χ0) is 14.2. The number of halogens is 1. The van der Waals surface area contributed by atoms with Gasteiger partial charge < -0.3 is 4.57 Å². The highest BCUT2D eigenvalue weighted by Gasteiger charge is 2.27. The third-order valence-electron chi connectivity index (χ3n) is 3.85. The summed E-state index contributed by atoms with van der Waals surface area (Å²) >= 11 is 6.09. The molecule has 0 aliphatic carbocycles. The van der Waals surface area contributed by atoms with Crippen LogP contribution in [-0.4, -0.2) is 19.3 Å². The standard InChI is InChI=1S/C14H23ClN4/c1-6-8-10-12-13(18(5)17-10)19(11(9-15)16-12)14(3,4)7-2/h6-9H2,1-5H3. The SMILES string of the molecule is CCCc1nn(C)c2c1nc(CCl)n2C(C)(C)CC. The Hall–Kier alpha value is -1.03. The maximum Gasteiger partial charge on any atom is 0.159 e. The van der Waals surface area contributed by atoms with Crippen LogP contribution in [0.2, 0.25) is 0 Å². The highest BCUT2D eigenvalue weighted by atomic mass is 35.5. The van der Waals surface area contributed by atoms with Gasteiger partial charge in [-0.3, -0.25) is 4.68 Å². The zero-order valence-corrected chi connectivity index (χ0v) is 13.3. The van der Waals surface area contributed by atoms with E-state index in [1.807, 2.05) is 11.7 Å². The van der Waals surface area contributed by atoms with Crippen LogP contribution in [-0.2, 0) is 24.9 Å². The maximum atomic E-state index is 6.09. The van der Waals surface area contributed by atoms with Crippen LogP contribution in [0.15, 0.2) is 0 Å². The van der Waals surface area contributed by atoms with Gasteiger partial charge in [-0.1, -0.05) is 20.3 Å². The maximum absolute atomic E-state index is 6.09. The smallest absolute Gasteiger partial charge is 0.159 e. The number of aromatic nitrogens is 4. The molecule has 2 rings (SSSR count). The molecule has 0 aliphatic rings. The van der Waals surface area contributed by atoms with Crippen molar-refractivity contribution in [1.82, 2.24) is 19.3 Å². The van der Waals surface area contributed by atoms with Crippen LogP contribution in [0.3, 0.4) is 0 Å². The van der Waals surface area contributed by atoms with Crippen molar-refractivity contribution in [3.05, 3.63) is 11.5 Å². The molecular weight excluding hydrogens is 260 g/mol. The fourth-order valence-electron chi connectivity index (χ4n) is 2.51. The second-order valence-corrected chi connectivity index (χ2v) is 5.92. The largest absolute Gasteiger partial charge is 0.306 e. The predicted octanol–water partition coefficient (Wildman–Crippen LogP) is 3.61. The van der Waals surface area contributed by atoms with E-state index in [1.165, 1.54) is 0 Å². The topological polar surface area (TPSA) is 35.6 Å². The summed E-state index contributed by atoms with van der Waals surface area (Å²) in [6.45, 7) is 8.79. The van der Waals surface area contributed by atoms with Gasteiger partial charge in [0.15, 0.2) is 5.65 Å². The lowest BCUT2D eigenvalue weighted by molar-refractivity contribution is 0.339. The molecule has 0 saturated heterocycles. The van der Waals surface area contributed by atoms with Crippen molar-refractivity contribution in [3.63, 3.8) is 0 Å². The number of fused-ring (bicyclic) bond motifs is 1. The van der Waals surface area contributed by atoms with Crippen molar-refractivity contribution in [1.29, 1.82) is 0 Å². The second kappa shape index (κ2) is 5.16. The molecule has 19 heavy (non-hydrogen) atoms. The Morgan fingerprint density at radius 3 is 2.47 bits per heavy atom. The molecule has 2 aromatic heterocycles. The van der Waals surface area contributed by atoms with Gasteiger partial charge in [-0.15, -0.1) is 11.6 Å². The quantitative estimate of drug-likeness (QED) is 0.786. The monoisotopic (exact) mass is 282 g/mol. The normalized spacial score (nSPS) is 12.5. The van der Waals surface area contributed by atoms with Gasteiger partial charge in [-0.25, -0.2) is 4.98 Å². The zero-order valence-electron chi connectivity index (χ0n) is 12.5. The van der Waals surface area contributed by atoms with Gasteiger partial charge >= 0.3 is 0 Å². The Bertz CT molecular complexity index is 580. The van der Waals surface area contributed by atoms with Gasteiger partial charge in [0.25, 0.3) is 0 Å². The Morgan fingerprint density at radius 1 is 1.26 bits per heavy atom. The molecule has 4 nitrogen and oxygen atoms in total. The molecule has 5 heteroatoms. The summed E-state index contributed by atoms with van der Waals surface area (Å²) in [6.07, 6.45) is 3.06. The van der Waals surface area contributed by atoms with Crippen molar-refractivity contribution in [3.8, 4) is 0 Å². The Morgan fingerprint density at radius 2 is 1.95 bits per heavy atom. The van der Waals surface area contributed by atoms with Gasteiger partial charge in [0.1, 0.15) is 11.3 Å². The van der Waals surface area contributed by atoms with Crippen LogP contribution >= 0.6 is 11.6 Å². The van der Waals surface area contributed by atoms with Gasteiger partial charge in [0.2, 0.25) is 0 Å². The van der Waals surface area contributed by atoms with E-state index in [0.29, 0.717) is 5.88 Å². The first-order valence-corrected chi connectivity index (χ1v) is 7.49. The second-order valence-electron chi connectivity index (χ2n) is 5.66. The molecular formula is C14H23ClN4. The number of alkyl halides is 1. The highest BCUT2D eigenvalue weighted by molar-refractivity contribution is 6.16. The molecule has 0 atom stereocenters. The van der Waals surface area contributed by atoms with E-state index >= 15 is 0 Å². The first-order valence-electron chi connectivity index (χ1n) is 6.95. The average molecular weight is 283 g/mol. The first kappa shape index (κ1) is 14.4. The van der Waals surface area contributed by atoms with E-state index in [2.05, 4.69) is 37.4 Å². The summed E-state index contributed by atoms with van der Waals surface area (Å²) < 4.78 is 4.20. The van der Waals surface area contributed by atoms with Gasteiger partial charge in [-0.05, 0) is 26.7 Å². The van der Waals surface area contributed by atoms with E-state index in [1.54, 1.807) is 0 Å². The number of imidazole rings is 1. The van der Waals surface area contributed by atoms with Crippen LogP contribution in [0.4, 0.5) is 0 Å². The molecule has 0 N–H and O–H groups in total. The van der Waals surface area contributed by atoms with Crippen LogP contribution in [0.1, 0.15) is 52.1 Å². The summed E-state index contributed by atoms with van der Waals surface area (Å²) in [7, 11) is 1.99. The first-order chi connectivity index (χ1) is 8.96. The minimum absolute atomic E-state index is 0.00372. The molecule has 2 heterocycles. The summed E-state index contributed by atoms with van der Waals surface area (Å²) in [5, 5.41) is 4.61. The predicted molar refractivity (Wildman–Crippen MR) is 79.7 cm³/mol. The average Bonchev–Trinajstić information content (AvgIpc) is 2.89. The van der Waals surface area contributed by atoms with Crippen molar-refractivity contribution in [2.24, 2.45) is 7.05 Å². The molecule has 0 spiro atoms. The fourth-order valence-corrected chi connectivity index (χ4v) is 2.69. The minimum Gasteiger partial charge on any atom is -0.306 e. The van der Waals surface area contributed by atoms with Crippen LogP contribution < -0.4 is 0 Å². The number of aryl methyl sites for hydroxylation is 2. The Balaban J connectivity index is 2.74. The molecule has 106 valence electrons. The molecule has 0 bridgehead atoms. The minimum atomic E-state index is -0.00372. The van der Waals surface area contributed by atoms with E-state index in [4.69, 9.17) is 16.6 Å².